The molecule has 4 atom stereocenters. The average molecular weight is 467 g/mol. The van der Waals surface area contributed by atoms with E-state index in [1.165, 1.54) is 31.5 Å². The third kappa shape index (κ3) is 3.23. The lowest BCUT2D eigenvalue weighted by molar-refractivity contribution is -0.148. The van der Waals surface area contributed by atoms with E-state index in [9.17, 15) is 23.5 Å². The van der Waals surface area contributed by atoms with Crippen LogP contribution < -0.4 is 14.2 Å². The molecule has 5 rings (SSSR count). The molecule has 1 aromatic heterocycles. The molecule has 0 radical (unpaired) electrons. The zero-order valence-corrected chi connectivity index (χ0v) is 17.9. The molecule has 34 heavy (non-hydrogen) atoms. The zero-order chi connectivity index (χ0) is 24.0. The smallest absolute Gasteiger partial charge is 0.322 e. The molecule has 2 heterocycles. The molecule has 2 aromatic carbocycles. The summed E-state index contributed by atoms with van der Waals surface area (Å²) in [4.78, 5) is 31.0. The molecule has 4 unspecified atom stereocenters. The Kier molecular flexibility index (Phi) is 5.28. The predicted molar refractivity (Wildman–Crippen MR) is 114 cm³/mol. The van der Waals surface area contributed by atoms with Gasteiger partial charge in [-0.25, -0.2) is 13.8 Å². The third-order valence-corrected chi connectivity index (χ3v) is 6.25. The van der Waals surface area contributed by atoms with Gasteiger partial charge < -0.3 is 19.3 Å². The van der Waals surface area contributed by atoms with Crippen LogP contribution in [0.4, 0.5) is 8.78 Å². The van der Waals surface area contributed by atoms with Gasteiger partial charge in [0.2, 0.25) is 5.88 Å². The molecule has 1 aliphatic heterocycles. The summed E-state index contributed by atoms with van der Waals surface area (Å²) < 4.78 is 42.3. The first kappa shape index (κ1) is 22.0. The normalized spacial score (nSPS) is 25.0. The molecule has 0 spiro atoms. The van der Waals surface area contributed by atoms with E-state index in [1.54, 1.807) is 30.3 Å². The number of ether oxygens (including phenoxy) is 3. The maximum absolute atomic E-state index is 13.7. The molecule has 7 nitrogen and oxygen atoms in total. The fourth-order valence-electron chi connectivity index (χ4n) is 4.72. The average Bonchev–Trinajstić information content (AvgIpc) is 3.27. The van der Waals surface area contributed by atoms with Crippen molar-refractivity contribution < 1.29 is 37.7 Å². The molecule has 174 valence electrons. The Labute approximate surface area is 192 Å². The number of hydrogen-bond acceptors (Lipinski definition) is 7. The molecular weight excluding hydrogens is 448 g/mol. The van der Waals surface area contributed by atoms with Gasteiger partial charge in [-0.2, -0.15) is 0 Å². The van der Waals surface area contributed by atoms with Gasteiger partial charge in [0.15, 0.2) is 11.4 Å². The number of benzene rings is 2. The van der Waals surface area contributed by atoms with Crippen LogP contribution >= 0.6 is 0 Å². The number of hydrogen-bond donors (Lipinski definition) is 1. The quantitative estimate of drug-likeness (QED) is 0.348. The monoisotopic (exact) mass is 467 g/mol. The Bertz CT molecular complexity index is 1250. The van der Waals surface area contributed by atoms with E-state index >= 15 is 0 Å². The largest absolute Gasteiger partial charge is 0.485 e. The number of rotatable bonds is 5. The Morgan fingerprint density at radius 1 is 1.12 bits per heavy atom. The summed E-state index contributed by atoms with van der Waals surface area (Å²) in [6, 6.07) is 15.0. The van der Waals surface area contributed by atoms with E-state index in [2.05, 4.69) is 4.98 Å². The van der Waals surface area contributed by atoms with E-state index in [0.717, 1.165) is 12.1 Å². The number of Topliss-reactive ketones (excluding diaryl/α,β-unsaturated/α-hetero) is 1. The second kappa shape index (κ2) is 8.18. The van der Waals surface area contributed by atoms with Crippen LogP contribution in [0.3, 0.4) is 0 Å². The number of alkyl halides is 2. The van der Waals surface area contributed by atoms with Crippen molar-refractivity contribution >= 4 is 11.8 Å². The van der Waals surface area contributed by atoms with Crippen LogP contribution in [0, 0.1) is 5.92 Å². The number of aliphatic hydroxyl groups is 1. The van der Waals surface area contributed by atoms with Gasteiger partial charge >= 0.3 is 5.97 Å². The topological polar surface area (TPSA) is 95.0 Å². The van der Waals surface area contributed by atoms with E-state index in [1.807, 2.05) is 0 Å². The number of fused-ring (bicyclic) bond motifs is 3. The van der Waals surface area contributed by atoms with Gasteiger partial charge in [0, 0.05) is 17.7 Å². The molecule has 1 saturated carbocycles. The number of esters is 1. The number of aromatic nitrogens is 1. The van der Waals surface area contributed by atoms with Crippen LogP contribution in [-0.2, 0) is 15.2 Å². The van der Waals surface area contributed by atoms with Crippen molar-refractivity contribution in [3.63, 3.8) is 0 Å². The van der Waals surface area contributed by atoms with Crippen LogP contribution in [0.1, 0.15) is 29.0 Å². The second-order valence-electron chi connectivity index (χ2n) is 8.07. The summed E-state index contributed by atoms with van der Waals surface area (Å²) in [6.07, 6.45) is -2.37. The van der Waals surface area contributed by atoms with Crippen molar-refractivity contribution in [2.45, 2.75) is 24.0 Å². The number of methoxy groups -OCH3 is 1. The number of ketones is 1. The van der Waals surface area contributed by atoms with Gasteiger partial charge in [-0.3, -0.25) is 9.59 Å². The van der Waals surface area contributed by atoms with Gasteiger partial charge in [0.1, 0.15) is 23.5 Å². The molecule has 0 saturated heterocycles. The Morgan fingerprint density at radius 3 is 2.47 bits per heavy atom. The third-order valence-electron chi connectivity index (χ3n) is 6.25. The summed E-state index contributed by atoms with van der Waals surface area (Å²) in [6.45, 7) is 0. The zero-order valence-electron chi connectivity index (χ0n) is 17.9. The summed E-state index contributed by atoms with van der Waals surface area (Å²) in [5.41, 5.74) is -1.78. The van der Waals surface area contributed by atoms with E-state index in [4.69, 9.17) is 14.2 Å². The second-order valence-corrected chi connectivity index (χ2v) is 8.07. The Hall–Kier alpha value is -3.85. The van der Waals surface area contributed by atoms with Gasteiger partial charge in [-0.1, -0.05) is 30.3 Å². The first-order valence-electron chi connectivity index (χ1n) is 10.5. The van der Waals surface area contributed by atoms with Gasteiger partial charge in [0.25, 0.3) is 6.43 Å². The molecule has 3 aromatic rings. The lowest BCUT2D eigenvalue weighted by atomic mass is 9.86. The van der Waals surface area contributed by atoms with Crippen LogP contribution in [0.2, 0.25) is 0 Å². The highest BCUT2D eigenvalue weighted by atomic mass is 19.3. The number of nitrogens with zero attached hydrogens (tertiary/aromatic N) is 1. The van der Waals surface area contributed by atoms with Crippen molar-refractivity contribution in [2.75, 3.05) is 7.11 Å². The van der Waals surface area contributed by atoms with Gasteiger partial charge in [-0.15, -0.1) is 0 Å². The molecule has 9 heteroatoms. The van der Waals surface area contributed by atoms with E-state index in [-0.39, 0.29) is 28.5 Å². The standard InChI is InChI=1S/C25H19F2NO6/c1-32-23-19-16(11-12-28-23)34-21-17(13-5-3-2-4-6-13)18(20(29)25(19,21)31)24(30)33-15-9-7-14(8-10-15)22(26)27/h2-12,17-18,21-22,31H,1H3. The molecule has 1 fully saturated rings. The maximum atomic E-state index is 13.7. The lowest BCUT2D eigenvalue weighted by Crippen LogP contribution is -2.41. The molecule has 1 aliphatic carbocycles. The maximum Gasteiger partial charge on any atom is 0.322 e. The minimum absolute atomic E-state index is 0.00127. The van der Waals surface area contributed by atoms with Gasteiger partial charge in [-0.05, 0) is 35.9 Å². The fourth-order valence-corrected chi connectivity index (χ4v) is 4.72. The molecule has 0 bridgehead atoms. The number of carbonyl (C=O) groups excluding carboxylic acids is 2. The van der Waals surface area contributed by atoms with Crippen LogP contribution in [0.5, 0.6) is 17.4 Å². The van der Waals surface area contributed by atoms with Crippen molar-refractivity contribution in [2.24, 2.45) is 5.92 Å². The van der Waals surface area contributed by atoms with Crippen molar-refractivity contribution in [3.05, 3.63) is 83.6 Å². The number of carbonyl (C=O) groups is 2. The van der Waals surface area contributed by atoms with Gasteiger partial charge in [0.05, 0.1) is 12.7 Å². The first-order chi connectivity index (χ1) is 16.4. The highest BCUT2D eigenvalue weighted by molar-refractivity contribution is 6.09. The molecular formula is C25H19F2NO6. The van der Waals surface area contributed by atoms with Crippen LogP contribution in [0.25, 0.3) is 0 Å². The Morgan fingerprint density at radius 2 is 1.82 bits per heavy atom. The molecule has 1 N–H and O–H groups in total. The minimum atomic E-state index is -2.67. The van der Waals surface area contributed by atoms with E-state index < -0.39 is 41.7 Å². The SMILES string of the molecule is COc1nccc2c1C1(O)C(=O)C(C(=O)Oc3ccc(C(F)F)cc3)C(c3ccccc3)C1O2. The highest BCUT2D eigenvalue weighted by Gasteiger charge is 2.69. The molecule has 0 amide bonds. The van der Waals surface area contributed by atoms with Crippen molar-refractivity contribution in [3.8, 4) is 17.4 Å². The van der Waals surface area contributed by atoms with Crippen molar-refractivity contribution in [1.29, 1.82) is 0 Å². The summed E-state index contributed by atoms with van der Waals surface area (Å²) in [7, 11) is 1.35. The highest BCUT2D eigenvalue weighted by Crippen LogP contribution is 2.57. The van der Waals surface area contributed by atoms with Crippen LogP contribution in [-0.4, -0.2) is 35.1 Å². The summed E-state index contributed by atoms with van der Waals surface area (Å²) in [5.74, 6) is -3.81. The van der Waals surface area contributed by atoms with E-state index in [0.29, 0.717) is 5.56 Å². The number of pyridine rings is 1. The Balaban J connectivity index is 1.56. The molecule has 2 aliphatic rings. The first-order valence-corrected chi connectivity index (χ1v) is 10.5. The summed E-state index contributed by atoms with van der Waals surface area (Å²) >= 11 is 0. The van der Waals surface area contributed by atoms with Crippen molar-refractivity contribution in [1.82, 2.24) is 4.98 Å². The van der Waals surface area contributed by atoms with Crippen LogP contribution in [0.15, 0.2) is 66.9 Å². The lowest BCUT2D eigenvalue weighted by Gasteiger charge is -2.24. The predicted octanol–water partition coefficient (Wildman–Crippen LogP) is 3.56. The fraction of sp³-hybridized carbons (Fsp3) is 0.240. The minimum Gasteiger partial charge on any atom is -0.485 e. The number of halogens is 2. The summed E-state index contributed by atoms with van der Waals surface area (Å²) in [5, 5.41) is 11.7.